The van der Waals surface area contributed by atoms with Crippen LogP contribution in [0.3, 0.4) is 0 Å². The summed E-state index contributed by atoms with van der Waals surface area (Å²) in [5.74, 6) is 0.804. The summed E-state index contributed by atoms with van der Waals surface area (Å²) in [6.45, 7) is 2.09. The van der Waals surface area contributed by atoms with E-state index in [0.717, 1.165) is 11.5 Å². The Bertz CT molecular complexity index is 348. The Balaban J connectivity index is 2.21. The average molecular weight is 188 g/mol. The zero-order chi connectivity index (χ0) is 9.97. The molecule has 1 aliphatic carbocycles. The normalized spacial score (nSPS) is 17.1. The van der Waals surface area contributed by atoms with Crippen LogP contribution in [0.15, 0.2) is 29.8 Å². The van der Waals surface area contributed by atoms with Gasteiger partial charge in [-0.05, 0) is 42.4 Å². The summed E-state index contributed by atoms with van der Waals surface area (Å²) in [5, 5.41) is 8.92. The molecule has 0 saturated heterocycles. The molecule has 1 aromatic carbocycles. The molecular weight excluding hydrogens is 172 g/mol. The molecule has 0 aliphatic heterocycles. The second-order valence-electron chi connectivity index (χ2n) is 4.09. The van der Waals surface area contributed by atoms with Gasteiger partial charge in [-0.1, -0.05) is 30.3 Å². The van der Waals surface area contributed by atoms with Gasteiger partial charge in [0.05, 0.1) is 6.61 Å². The number of hydrogen-bond acceptors (Lipinski definition) is 1. The minimum Gasteiger partial charge on any atom is -0.392 e. The molecule has 1 heteroatoms. The van der Waals surface area contributed by atoms with Gasteiger partial charge in [0.25, 0.3) is 0 Å². The lowest BCUT2D eigenvalue weighted by Crippen LogP contribution is -1.85. The van der Waals surface area contributed by atoms with E-state index in [0.29, 0.717) is 0 Å². The average Bonchev–Trinajstić information content (AvgIpc) is 3.01. The second-order valence-corrected chi connectivity index (χ2v) is 4.09. The lowest BCUT2D eigenvalue weighted by atomic mass is 10.1. The third kappa shape index (κ3) is 2.24. The first-order chi connectivity index (χ1) is 6.79. The SMILES string of the molecule is CC(=Cc1cccc(C2CC2)c1)CO. The van der Waals surface area contributed by atoms with E-state index in [1.807, 2.05) is 13.0 Å². The standard InChI is InChI=1S/C13H16O/c1-10(9-14)7-11-3-2-4-13(8-11)12-5-6-12/h2-4,7-8,12,14H,5-6,9H2,1H3. The first kappa shape index (κ1) is 9.47. The molecule has 0 unspecified atom stereocenters. The van der Waals surface area contributed by atoms with Gasteiger partial charge in [0.2, 0.25) is 0 Å². The molecule has 0 amide bonds. The molecule has 1 N–H and O–H groups in total. The minimum absolute atomic E-state index is 0.146. The van der Waals surface area contributed by atoms with Gasteiger partial charge in [-0.15, -0.1) is 0 Å². The van der Waals surface area contributed by atoms with E-state index in [4.69, 9.17) is 5.11 Å². The fourth-order valence-corrected chi connectivity index (χ4v) is 1.65. The molecule has 14 heavy (non-hydrogen) atoms. The van der Waals surface area contributed by atoms with E-state index in [1.54, 1.807) is 0 Å². The summed E-state index contributed by atoms with van der Waals surface area (Å²) in [5.41, 5.74) is 3.67. The lowest BCUT2D eigenvalue weighted by Gasteiger charge is -2.01. The molecular formula is C13H16O. The van der Waals surface area contributed by atoms with E-state index in [1.165, 1.54) is 24.0 Å². The first-order valence-electron chi connectivity index (χ1n) is 5.17. The van der Waals surface area contributed by atoms with Crippen molar-refractivity contribution in [1.29, 1.82) is 0 Å². The van der Waals surface area contributed by atoms with Crippen molar-refractivity contribution in [3.8, 4) is 0 Å². The fourth-order valence-electron chi connectivity index (χ4n) is 1.65. The van der Waals surface area contributed by atoms with Gasteiger partial charge in [0.15, 0.2) is 0 Å². The van der Waals surface area contributed by atoms with Crippen LogP contribution in [0.25, 0.3) is 6.08 Å². The topological polar surface area (TPSA) is 20.2 Å². The highest BCUT2D eigenvalue weighted by atomic mass is 16.3. The predicted molar refractivity (Wildman–Crippen MR) is 59.2 cm³/mol. The Labute approximate surface area is 85.1 Å². The molecule has 0 spiro atoms. The predicted octanol–water partition coefficient (Wildman–Crippen LogP) is 2.96. The third-order valence-electron chi connectivity index (χ3n) is 2.62. The Morgan fingerprint density at radius 2 is 2.29 bits per heavy atom. The summed E-state index contributed by atoms with van der Waals surface area (Å²) < 4.78 is 0. The molecule has 1 fully saturated rings. The van der Waals surface area contributed by atoms with Crippen molar-refractivity contribution in [1.82, 2.24) is 0 Å². The van der Waals surface area contributed by atoms with Crippen molar-refractivity contribution in [2.45, 2.75) is 25.7 Å². The van der Waals surface area contributed by atoms with Crippen molar-refractivity contribution in [2.75, 3.05) is 6.61 Å². The van der Waals surface area contributed by atoms with Crippen LogP contribution in [-0.4, -0.2) is 11.7 Å². The summed E-state index contributed by atoms with van der Waals surface area (Å²) in [6.07, 6.45) is 4.73. The Kier molecular flexibility index (Phi) is 2.69. The van der Waals surface area contributed by atoms with Crippen LogP contribution in [0, 0.1) is 0 Å². The van der Waals surface area contributed by atoms with Crippen LogP contribution < -0.4 is 0 Å². The molecule has 1 aromatic rings. The smallest absolute Gasteiger partial charge is 0.0642 e. The molecule has 2 rings (SSSR count). The van der Waals surface area contributed by atoms with Crippen molar-refractivity contribution >= 4 is 6.08 Å². The van der Waals surface area contributed by atoms with Gasteiger partial charge >= 0.3 is 0 Å². The van der Waals surface area contributed by atoms with Crippen LogP contribution in [0.5, 0.6) is 0 Å². The molecule has 0 heterocycles. The zero-order valence-electron chi connectivity index (χ0n) is 8.53. The fraction of sp³-hybridized carbons (Fsp3) is 0.385. The summed E-state index contributed by atoms with van der Waals surface area (Å²) in [4.78, 5) is 0. The molecule has 0 bridgehead atoms. The van der Waals surface area contributed by atoms with Crippen molar-refractivity contribution in [3.63, 3.8) is 0 Å². The number of aliphatic hydroxyl groups excluding tert-OH is 1. The third-order valence-corrected chi connectivity index (χ3v) is 2.62. The van der Waals surface area contributed by atoms with Crippen LogP contribution in [-0.2, 0) is 0 Å². The number of benzene rings is 1. The quantitative estimate of drug-likeness (QED) is 0.773. The molecule has 1 saturated carbocycles. The Hall–Kier alpha value is -1.08. The van der Waals surface area contributed by atoms with E-state index < -0.39 is 0 Å². The van der Waals surface area contributed by atoms with E-state index in [-0.39, 0.29) is 6.61 Å². The van der Waals surface area contributed by atoms with Gasteiger partial charge in [-0.25, -0.2) is 0 Å². The van der Waals surface area contributed by atoms with Crippen molar-refractivity contribution in [3.05, 3.63) is 41.0 Å². The number of hydrogen-bond donors (Lipinski definition) is 1. The molecule has 0 atom stereocenters. The molecule has 0 radical (unpaired) electrons. The van der Waals surface area contributed by atoms with E-state index >= 15 is 0 Å². The largest absolute Gasteiger partial charge is 0.392 e. The molecule has 0 aromatic heterocycles. The van der Waals surface area contributed by atoms with Crippen molar-refractivity contribution < 1.29 is 5.11 Å². The minimum atomic E-state index is 0.146. The zero-order valence-corrected chi connectivity index (χ0v) is 8.53. The van der Waals surface area contributed by atoms with Crippen molar-refractivity contribution in [2.24, 2.45) is 0 Å². The molecule has 74 valence electrons. The van der Waals surface area contributed by atoms with Gasteiger partial charge < -0.3 is 5.11 Å². The summed E-state index contributed by atoms with van der Waals surface area (Å²) in [6, 6.07) is 8.62. The van der Waals surface area contributed by atoms with Crippen LogP contribution in [0.2, 0.25) is 0 Å². The highest BCUT2D eigenvalue weighted by Gasteiger charge is 2.22. The van der Waals surface area contributed by atoms with Crippen LogP contribution >= 0.6 is 0 Å². The Morgan fingerprint density at radius 3 is 2.93 bits per heavy atom. The summed E-state index contributed by atoms with van der Waals surface area (Å²) in [7, 11) is 0. The maximum atomic E-state index is 8.92. The highest BCUT2D eigenvalue weighted by molar-refractivity contribution is 5.54. The maximum absolute atomic E-state index is 8.92. The van der Waals surface area contributed by atoms with Crippen LogP contribution in [0.4, 0.5) is 0 Å². The van der Waals surface area contributed by atoms with Gasteiger partial charge in [-0.3, -0.25) is 0 Å². The Morgan fingerprint density at radius 1 is 1.50 bits per heavy atom. The summed E-state index contributed by atoms with van der Waals surface area (Å²) >= 11 is 0. The maximum Gasteiger partial charge on any atom is 0.0642 e. The van der Waals surface area contributed by atoms with E-state index in [2.05, 4.69) is 24.3 Å². The monoisotopic (exact) mass is 188 g/mol. The number of aliphatic hydroxyl groups is 1. The van der Waals surface area contributed by atoms with E-state index in [9.17, 15) is 0 Å². The molecule has 1 nitrogen and oxygen atoms in total. The lowest BCUT2D eigenvalue weighted by molar-refractivity contribution is 0.332. The first-order valence-corrected chi connectivity index (χ1v) is 5.17. The molecule has 1 aliphatic rings. The highest BCUT2D eigenvalue weighted by Crippen LogP contribution is 2.40. The second kappa shape index (κ2) is 3.97. The van der Waals surface area contributed by atoms with Gasteiger partial charge in [0, 0.05) is 0 Å². The van der Waals surface area contributed by atoms with Gasteiger partial charge in [0.1, 0.15) is 0 Å². The van der Waals surface area contributed by atoms with Crippen LogP contribution in [0.1, 0.15) is 36.8 Å². The number of rotatable bonds is 3. The van der Waals surface area contributed by atoms with Gasteiger partial charge in [-0.2, -0.15) is 0 Å².